The second-order valence-corrected chi connectivity index (χ2v) is 9.27. The van der Waals surface area contributed by atoms with Crippen LogP contribution in [0.2, 0.25) is 0 Å². The lowest BCUT2D eigenvalue weighted by atomic mass is 9.71. The summed E-state index contributed by atoms with van der Waals surface area (Å²) in [4.78, 5) is 14.5. The molecule has 2 aromatic carbocycles. The van der Waals surface area contributed by atoms with Gasteiger partial charge in [0.15, 0.2) is 9.84 Å². The Morgan fingerprint density at radius 3 is 2.20 bits per heavy atom. The standard InChI is InChI=1S/C20H23NO3S/c1-15-9-11-17(12-10-15)25(23,24)14-13-21-18(20(2,3)19(21)22)16-7-5-4-6-8-16/h4-12,18H,13-14H2,1-3H3. The van der Waals surface area contributed by atoms with Crippen LogP contribution in [0.1, 0.15) is 31.0 Å². The Kier molecular flexibility index (Phi) is 4.45. The summed E-state index contributed by atoms with van der Waals surface area (Å²) in [5.74, 6) is -0.0678. The van der Waals surface area contributed by atoms with Gasteiger partial charge >= 0.3 is 0 Å². The number of hydrogen-bond donors (Lipinski definition) is 0. The van der Waals surface area contributed by atoms with Crippen molar-refractivity contribution < 1.29 is 13.2 Å². The Morgan fingerprint density at radius 2 is 1.60 bits per heavy atom. The first-order chi connectivity index (χ1) is 11.7. The van der Waals surface area contributed by atoms with Gasteiger partial charge in [0, 0.05) is 6.54 Å². The van der Waals surface area contributed by atoms with Crippen LogP contribution in [-0.4, -0.2) is 31.5 Å². The van der Waals surface area contributed by atoms with E-state index in [9.17, 15) is 13.2 Å². The number of carbonyl (C=O) groups excluding carboxylic acids is 1. The number of amides is 1. The van der Waals surface area contributed by atoms with Gasteiger partial charge in [0.05, 0.1) is 22.1 Å². The number of β-lactam (4-membered cyclic amide) rings is 1. The molecule has 1 unspecified atom stereocenters. The van der Waals surface area contributed by atoms with Crippen molar-refractivity contribution in [2.75, 3.05) is 12.3 Å². The monoisotopic (exact) mass is 357 g/mol. The van der Waals surface area contributed by atoms with Gasteiger partial charge in [-0.2, -0.15) is 0 Å². The second-order valence-electron chi connectivity index (χ2n) is 7.17. The molecule has 0 bridgehead atoms. The van der Waals surface area contributed by atoms with Gasteiger partial charge in [-0.05, 0) is 38.5 Å². The Bertz CT molecular complexity index is 871. The Balaban J connectivity index is 1.78. The van der Waals surface area contributed by atoms with Crippen LogP contribution in [0.3, 0.4) is 0 Å². The Hall–Kier alpha value is -2.14. The lowest BCUT2D eigenvalue weighted by Gasteiger charge is -2.53. The number of sulfone groups is 1. The molecule has 1 fully saturated rings. The molecular formula is C20H23NO3S. The SMILES string of the molecule is Cc1ccc(S(=O)(=O)CCN2C(=O)C(C)(C)C2c2ccccc2)cc1. The third kappa shape index (κ3) is 3.21. The molecule has 132 valence electrons. The molecule has 1 atom stereocenters. The van der Waals surface area contributed by atoms with E-state index < -0.39 is 15.3 Å². The molecule has 4 nitrogen and oxygen atoms in total. The average Bonchev–Trinajstić information content (AvgIpc) is 2.59. The molecule has 0 N–H and O–H groups in total. The van der Waals surface area contributed by atoms with Crippen LogP contribution in [0.15, 0.2) is 59.5 Å². The molecule has 2 aromatic rings. The van der Waals surface area contributed by atoms with Crippen LogP contribution in [0, 0.1) is 12.3 Å². The first-order valence-electron chi connectivity index (χ1n) is 8.39. The molecule has 1 amide bonds. The summed E-state index contributed by atoms with van der Waals surface area (Å²) in [6, 6.07) is 16.5. The fraction of sp³-hybridized carbons (Fsp3) is 0.350. The minimum absolute atomic E-state index is 0.000425. The van der Waals surface area contributed by atoms with Gasteiger partial charge in [-0.1, -0.05) is 48.0 Å². The molecule has 25 heavy (non-hydrogen) atoms. The number of rotatable bonds is 5. The summed E-state index contributed by atoms with van der Waals surface area (Å²) in [5.41, 5.74) is 1.55. The smallest absolute Gasteiger partial charge is 0.231 e. The summed E-state index contributed by atoms with van der Waals surface area (Å²) in [6.07, 6.45) is 0. The third-order valence-corrected chi connectivity index (χ3v) is 6.61. The predicted molar refractivity (Wildman–Crippen MR) is 97.9 cm³/mol. The molecule has 5 heteroatoms. The van der Waals surface area contributed by atoms with Crippen molar-refractivity contribution in [2.24, 2.45) is 5.41 Å². The van der Waals surface area contributed by atoms with Crippen molar-refractivity contribution in [1.82, 2.24) is 4.90 Å². The first-order valence-corrected chi connectivity index (χ1v) is 10.0. The Labute approximate surface area is 149 Å². The van der Waals surface area contributed by atoms with Crippen molar-refractivity contribution in [1.29, 1.82) is 0 Å². The minimum Gasteiger partial charge on any atom is -0.333 e. The molecule has 0 spiro atoms. The summed E-state index contributed by atoms with van der Waals surface area (Å²) in [5, 5.41) is 0. The number of hydrogen-bond acceptors (Lipinski definition) is 3. The maximum atomic E-state index is 12.6. The molecule has 1 aliphatic rings. The lowest BCUT2D eigenvalue weighted by Crippen LogP contribution is -2.61. The number of likely N-dealkylation sites (tertiary alicyclic amines) is 1. The van der Waals surface area contributed by atoms with E-state index in [4.69, 9.17) is 0 Å². The molecule has 1 aliphatic heterocycles. The van der Waals surface area contributed by atoms with E-state index in [1.165, 1.54) is 0 Å². The van der Waals surface area contributed by atoms with E-state index >= 15 is 0 Å². The fourth-order valence-electron chi connectivity index (χ4n) is 3.47. The van der Waals surface area contributed by atoms with Gasteiger partial charge < -0.3 is 4.90 Å². The average molecular weight is 357 g/mol. The molecule has 1 heterocycles. The van der Waals surface area contributed by atoms with E-state index in [0.29, 0.717) is 4.90 Å². The highest BCUT2D eigenvalue weighted by Crippen LogP contribution is 2.49. The summed E-state index contributed by atoms with van der Waals surface area (Å²) >= 11 is 0. The van der Waals surface area contributed by atoms with Crippen molar-refractivity contribution in [3.63, 3.8) is 0 Å². The largest absolute Gasteiger partial charge is 0.333 e. The van der Waals surface area contributed by atoms with Gasteiger partial charge in [0.2, 0.25) is 5.91 Å². The van der Waals surface area contributed by atoms with Gasteiger partial charge in [-0.25, -0.2) is 8.42 Å². The predicted octanol–water partition coefficient (Wildman–Crippen LogP) is 3.38. The van der Waals surface area contributed by atoms with E-state index in [2.05, 4.69) is 0 Å². The van der Waals surface area contributed by atoms with Crippen LogP contribution in [-0.2, 0) is 14.6 Å². The quantitative estimate of drug-likeness (QED) is 0.771. The topological polar surface area (TPSA) is 54.5 Å². The normalized spacial score (nSPS) is 19.6. The second kappa shape index (κ2) is 6.30. The highest BCUT2D eigenvalue weighted by atomic mass is 32.2. The summed E-state index contributed by atoms with van der Waals surface area (Å²) in [6.45, 7) is 5.95. The first kappa shape index (κ1) is 17.7. The maximum Gasteiger partial charge on any atom is 0.231 e. The zero-order valence-electron chi connectivity index (χ0n) is 14.8. The Morgan fingerprint density at radius 1 is 1.00 bits per heavy atom. The van der Waals surface area contributed by atoms with Gasteiger partial charge in [-0.3, -0.25) is 4.79 Å². The number of benzene rings is 2. The van der Waals surface area contributed by atoms with Crippen LogP contribution in [0.25, 0.3) is 0 Å². The van der Waals surface area contributed by atoms with Crippen molar-refractivity contribution in [3.05, 3.63) is 65.7 Å². The minimum atomic E-state index is -3.41. The van der Waals surface area contributed by atoms with Crippen LogP contribution in [0.5, 0.6) is 0 Å². The van der Waals surface area contributed by atoms with Crippen LogP contribution >= 0.6 is 0 Å². The molecule has 0 radical (unpaired) electrons. The zero-order valence-corrected chi connectivity index (χ0v) is 15.6. The van der Waals surface area contributed by atoms with Crippen LogP contribution < -0.4 is 0 Å². The number of nitrogens with zero attached hydrogens (tertiary/aromatic N) is 1. The number of aryl methyl sites for hydroxylation is 1. The fourth-order valence-corrected chi connectivity index (χ4v) is 4.70. The van der Waals surface area contributed by atoms with Crippen molar-refractivity contribution >= 4 is 15.7 Å². The summed E-state index contributed by atoms with van der Waals surface area (Å²) < 4.78 is 25.1. The van der Waals surface area contributed by atoms with Crippen molar-refractivity contribution in [2.45, 2.75) is 31.7 Å². The number of carbonyl (C=O) groups is 1. The maximum absolute atomic E-state index is 12.6. The van der Waals surface area contributed by atoms with E-state index in [1.807, 2.05) is 51.1 Å². The molecular weight excluding hydrogens is 334 g/mol. The molecule has 3 rings (SSSR count). The highest BCUT2D eigenvalue weighted by Gasteiger charge is 2.54. The van der Waals surface area contributed by atoms with Crippen LogP contribution in [0.4, 0.5) is 0 Å². The van der Waals surface area contributed by atoms with E-state index in [1.54, 1.807) is 29.2 Å². The van der Waals surface area contributed by atoms with Gasteiger partial charge in [0.1, 0.15) is 0 Å². The molecule has 1 saturated heterocycles. The highest BCUT2D eigenvalue weighted by molar-refractivity contribution is 7.91. The molecule has 0 aliphatic carbocycles. The van der Waals surface area contributed by atoms with E-state index in [0.717, 1.165) is 11.1 Å². The van der Waals surface area contributed by atoms with Gasteiger partial charge in [0.25, 0.3) is 0 Å². The summed E-state index contributed by atoms with van der Waals surface area (Å²) in [7, 11) is -3.41. The lowest BCUT2D eigenvalue weighted by molar-refractivity contribution is -0.168. The third-order valence-electron chi connectivity index (χ3n) is 4.90. The van der Waals surface area contributed by atoms with E-state index in [-0.39, 0.29) is 24.2 Å². The molecule has 0 aromatic heterocycles. The van der Waals surface area contributed by atoms with Crippen molar-refractivity contribution in [3.8, 4) is 0 Å². The zero-order chi connectivity index (χ0) is 18.2. The molecule has 0 saturated carbocycles. The van der Waals surface area contributed by atoms with Gasteiger partial charge in [-0.15, -0.1) is 0 Å².